The zero-order valence-corrected chi connectivity index (χ0v) is 12.5. The van der Waals surface area contributed by atoms with Gasteiger partial charge in [-0.25, -0.2) is 0 Å². The van der Waals surface area contributed by atoms with Crippen molar-refractivity contribution in [1.82, 2.24) is 5.32 Å². The van der Waals surface area contributed by atoms with Crippen LogP contribution < -0.4 is 10.2 Å². The molecular formula is C16H26N2O. The highest BCUT2D eigenvalue weighted by Gasteiger charge is 2.25. The van der Waals surface area contributed by atoms with E-state index in [-0.39, 0.29) is 18.1 Å². The Morgan fingerprint density at radius 3 is 2.42 bits per heavy atom. The molecule has 1 aromatic carbocycles. The zero-order valence-electron chi connectivity index (χ0n) is 12.5. The Balaban J connectivity index is 2.20. The SMILES string of the molecule is CC1CN(c2ccc(C(C)(C)C)cc2)C(CO)CN1. The lowest BCUT2D eigenvalue weighted by Crippen LogP contribution is -2.57. The number of anilines is 1. The van der Waals surface area contributed by atoms with Gasteiger partial charge in [-0.2, -0.15) is 0 Å². The molecule has 19 heavy (non-hydrogen) atoms. The van der Waals surface area contributed by atoms with Gasteiger partial charge in [0.05, 0.1) is 12.6 Å². The number of aliphatic hydroxyl groups excluding tert-OH is 1. The summed E-state index contributed by atoms with van der Waals surface area (Å²) in [7, 11) is 0. The molecule has 2 atom stereocenters. The monoisotopic (exact) mass is 262 g/mol. The highest BCUT2D eigenvalue weighted by atomic mass is 16.3. The molecule has 1 saturated heterocycles. The van der Waals surface area contributed by atoms with Gasteiger partial charge in [-0.1, -0.05) is 32.9 Å². The first-order valence-electron chi connectivity index (χ1n) is 7.13. The van der Waals surface area contributed by atoms with Crippen LogP contribution in [0.25, 0.3) is 0 Å². The number of nitrogens with zero attached hydrogens (tertiary/aromatic N) is 1. The first-order chi connectivity index (χ1) is 8.91. The molecule has 0 saturated carbocycles. The van der Waals surface area contributed by atoms with Crippen LogP contribution in [0.5, 0.6) is 0 Å². The van der Waals surface area contributed by atoms with E-state index >= 15 is 0 Å². The summed E-state index contributed by atoms with van der Waals surface area (Å²) in [6, 6.07) is 9.41. The predicted octanol–water partition coefficient (Wildman–Crippen LogP) is 2.14. The van der Waals surface area contributed by atoms with Crippen molar-refractivity contribution in [2.24, 2.45) is 0 Å². The van der Waals surface area contributed by atoms with E-state index in [0.717, 1.165) is 13.1 Å². The van der Waals surface area contributed by atoms with E-state index < -0.39 is 0 Å². The maximum absolute atomic E-state index is 9.51. The van der Waals surface area contributed by atoms with E-state index in [1.807, 2.05) is 0 Å². The van der Waals surface area contributed by atoms with Gasteiger partial charge >= 0.3 is 0 Å². The smallest absolute Gasteiger partial charge is 0.0647 e. The van der Waals surface area contributed by atoms with Crippen molar-refractivity contribution in [1.29, 1.82) is 0 Å². The average Bonchev–Trinajstić information content (AvgIpc) is 2.38. The molecule has 3 heteroatoms. The van der Waals surface area contributed by atoms with Crippen molar-refractivity contribution in [3.63, 3.8) is 0 Å². The number of piperazine rings is 1. The fourth-order valence-corrected chi connectivity index (χ4v) is 2.59. The Morgan fingerprint density at radius 2 is 1.89 bits per heavy atom. The summed E-state index contributed by atoms with van der Waals surface area (Å²) < 4.78 is 0. The Labute approximate surface area is 116 Å². The second kappa shape index (κ2) is 5.51. The second-order valence-corrected chi connectivity index (χ2v) is 6.59. The topological polar surface area (TPSA) is 35.5 Å². The minimum absolute atomic E-state index is 0.177. The van der Waals surface area contributed by atoms with E-state index in [0.29, 0.717) is 6.04 Å². The molecule has 0 radical (unpaired) electrons. The lowest BCUT2D eigenvalue weighted by molar-refractivity contribution is 0.237. The average molecular weight is 262 g/mol. The Bertz CT molecular complexity index is 408. The summed E-state index contributed by atoms with van der Waals surface area (Å²) >= 11 is 0. The van der Waals surface area contributed by atoms with Crippen LogP contribution in [-0.2, 0) is 5.41 Å². The third-order valence-corrected chi connectivity index (χ3v) is 3.89. The van der Waals surface area contributed by atoms with Crippen molar-refractivity contribution in [2.45, 2.75) is 45.2 Å². The van der Waals surface area contributed by atoms with Gasteiger partial charge in [-0.05, 0) is 30.0 Å². The Hall–Kier alpha value is -1.06. The standard InChI is InChI=1S/C16H26N2O/c1-12-10-18(15(11-19)9-17-12)14-7-5-13(6-8-14)16(2,3)4/h5-8,12,15,17,19H,9-11H2,1-4H3. The van der Waals surface area contributed by atoms with Crippen LogP contribution in [0.2, 0.25) is 0 Å². The van der Waals surface area contributed by atoms with Gasteiger partial charge in [0.2, 0.25) is 0 Å². The normalized spacial score (nSPS) is 24.6. The molecule has 1 aliphatic rings. The molecule has 106 valence electrons. The van der Waals surface area contributed by atoms with Crippen molar-refractivity contribution in [2.75, 3.05) is 24.6 Å². The van der Waals surface area contributed by atoms with Crippen molar-refractivity contribution >= 4 is 5.69 Å². The predicted molar refractivity (Wildman–Crippen MR) is 80.8 cm³/mol. The summed E-state index contributed by atoms with van der Waals surface area (Å²) in [6.07, 6.45) is 0. The molecule has 2 N–H and O–H groups in total. The van der Waals surface area contributed by atoms with Gasteiger partial charge in [-0.3, -0.25) is 0 Å². The molecule has 2 rings (SSSR count). The molecule has 1 aliphatic heterocycles. The van der Waals surface area contributed by atoms with Crippen molar-refractivity contribution < 1.29 is 5.11 Å². The fraction of sp³-hybridized carbons (Fsp3) is 0.625. The van der Waals surface area contributed by atoms with Gasteiger partial charge in [-0.15, -0.1) is 0 Å². The van der Waals surface area contributed by atoms with Gasteiger partial charge in [0.1, 0.15) is 0 Å². The van der Waals surface area contributed by atoms with Crippen LogP contribution in [0.1, 0.15) is 33.3 Å². The third-order valence-electron chi connectivity index (χ3n) is 3.89. The highest BCUT2D eigenvalue weighted by molar-refractivity contribution is 5.50. The summed E-state index contributed by atoms with van der Waals surface area (Å²) in [5, 5.41) is 12.9. The molecule has 2 unspecified atom stereocenters. The minimum Gasteiger partial charge on any atom is -0.394 e. The maximum Gasteiger partial charge on any atom is 0.0647 e. The Kier molecular flexibility index (Phi) is 4.16. The fourth-order valence-electron chi connectivity index (χ4n) is 2.59. The number of hydrogen-bond donors (Lipinski definition) is 2. The van der Waals surface area contributed by atoms with E-state index in [9.17, 15) is 5.11 Å². The van der Waals surface area contributed by atoms with Crippen LogP contribution in [0, 0.1) is 0 Å². The number of nitrogens with one attached hydrogen (secondary N) is 1. The number of aliphatic hydroxyl groups is 1. The van der Waals surface area contributed by atoms with Crippen LogP contribution in [0.3, 0.4) is 0 Å². The molecule has 3 nitrogen and oxygen atoms in total. The molecular weight excluding hydrogens is 236 g/mol. The first kappa shape index (κ1) is 14.4. The molecule has 1 fully saturated rings. The summed E-state index contributed by atoms with van der Waals surface area (Å²) in [4.78, 5) is 2.31. The summed E-state index contributed by atoms with van der Waals surface area (Å²) in [6.45, 7) is 10.9. The van der Waals surface area contributed by atoms with Gasteiger partial charge in [0.15, 0.2) is 0 Å². The third kappa shape index (κ3) is 3.28. The molecule has 0 amide bonds. The van der Waals surface area contributed by atoms with Gasteiger partial charge < -0.3 is 15.3 Å². The van der Waals surface area contributed by atoms with Crippen LogP contribution >= 0.6 is 0 Å². The minimum atomic E-state index is 0.177. The van der Waals surface area contributed by atoms with Crippen LogP contribution in [-0.4, -0.2) is 36.9 Å². The van der Waals surface area contributed by atoms with Gasteiger partial charge in [0, 0.05) is 24.8 Å². The molecule has 0 aromatic heterocycles. The number of rotatable bonds is 2. The quantitative estimate of drug-likeness (QED) is 0.857. The highest BCUT2D eigenvalue weighted by Crippen LogP contribution is 2.26. The molecule has 0 bridgehead atoms. The molecule has 0 aliphatic carbocycles. The van der Waals surface area contributed by atoms with Gasteiger partial charge in [0.25, 0.3) is 0 Å². The maximum atomic E-state index is 9.51. The van der Waals surface area contributed by atoms with E-state index in [1.54, 1.807) is 0 Å². The van der Waals surface area contributed by atoms with E-state index in [1.165, 1.54) is 11.3 Å². The summed E-state index contributed by atoms with van der Waals surface area (Å²) in [5.74, 6) is 0. The van der Waals surface area contributed by atoms with Crippen molar-refractivity contribution in [3.05, 3.63) is 29.8 Å². The number of hydrogen-bond acceptors (Lipinski definition) is 3. The second-order valence-electron chi connectivity index (χ2n) is 6.59. The molecule has 1 aromatic rings. The van der Waals surface area contributed by atoms with Crippen molar-refractivity contribution in [3.8, 4) is 0 Å². The first-order valence-corrected chi connectivity index (χ1v) is 7.13. The molecule has 1 heterocycles. The number of benzene rings is 1. The summed E-state index contributed by atoms with van der Waals surface area (Å²) in [5.41, 5.74) is 2.74. The lowest BCUT2D eigenvalue weighted by Gasteiger charge is -2.40. The van der Waals surface area contributed by atoms with E-state index in [2.05, 4.69) is 62.2 Å². The van der Waals surface area contributed by atoms with Crippen LogP contribution in [0.15, 0.2) is 24.3 Å². The van der Waals surface area contributed by atoms with Crippen LogP contribution in [0.4, 0.5) is 5.69 Å². The zero-order chi connectivity index (χ0) is 14.0. The molecule has 0 spiro atoms. The Morgan fingerprint density at radius 1 is 1.26 bits per heavy atom. The van der Waals surface area contributed by atoms with E-state index in [4.69, 9.17) is 0 Å². The largest absolute Gasteiger partial charge is 0.394 e. The lowest BCUT2D eigenvalue weighted by atomic mass is 9.87.